The number of nitrogens with one attached hydrogen (secondary N) is 2. The van der Waals surface area contributed by atoms with Gasteiger partial charge in [0.25, 0.3) is 0 Å². The van der Waals surface area contributed by atoms with Crippen molar-refractivity contribution in [2.75, 3.05) is 22.1 Å². The largest absolute Gasteiger partial charge is 0.325 e. The minimum Gasteiger partial charge on any atom is -0.325 e. The molecule has 24 heavy (non-hydrogen) atoms. The maximum Gasteiger partial charge on any atom is 0.234 e. The molecule has 0 heterocycles. The molecule has 0 atom stereocenters. The van der Waals surface area contributed by atoms with Crippen LogP contribution >= 0.6 is 11.8 Å². The van der Waals surface area contributed by atoms with E-state index in [4.69, 9.17) is 0 Å². The fourth-order valence-corrected chi connectivity index (χ4v) is 2.54. The summed E-state index contributed by atoms with van der Waals surface area (Å²) < 4.78 is 25.8. The first-order valence-corrected chi connectivity index (χ1v) is 8.28. The van der Waals surface area contributed by atoms with E-state index in [0.717, 1.165) is 11.8 Å². The van der Waals surface area contributed by atoms with Crippen LogP contribution in [0.3, 0.4) is 0 Å². The van der Waals surface area contributed by atoms with E-state index in [1.165, 1.54) is 42.5 Å². The highest BCUT2D eigenvalue weighted by Gasteiger charge is 2.08. The van der Waals surface area contributed by atoms with Gasteiger partial charge in [0.15, 0.2) is 0 Å². The molecule has 0 saturated carbocycles. The van der Waals surface area contributed by atoms with Gasteiger partial charge in [0.05, 0.1) is 11.5 Å². The van der Waals surface area contributed by atoms with Crippen LogP contribution in [-0.2, 0) is 9.59 Å². The number of carbonyl (C=O) groups excluding carboxylic acids is 2. The Kier molecular flexibility index (Phi) is 6.31. The van der Waals surface area contributed by atoms with E-state index in [9.17, 15) is 18.4 Å². The summed E-state index contributed by atoms with van der Waals surface area (Å²) in [6, 6.07) is 9.52. The molecule has 2 aromatic rings. The summed E-state index contributed by atoms with van der Waals surface area (Å²) in [4.78, 5) is 23.6. The van der Waals surface area contributed by atoms with Crippen molar-refractivity contribution in [3.63, 3.8) is 0 Å². The number of halogens is 2. The third-order valence-corrected chi connectivity index (χ3v) is 3.99. The average molecular weight is 350 g/mol. The molecule has 0 aliphatic heterocycles. The monoisotopic (exact) mass is 350 g/mol. The minimum absolute atomic E-state index is 0.0905. The van der Waals surface area contributed by atoms with Gasteiger partial charge in [0.1, 0.15) is 11.6 Å². The lowest BCUT2D eigenvalue weighted by Crippen LogP contribution is -2.18. The third kappa shape index (κ3) is 5.66. The molecule has 0 fully saturated rings. The SMILES string of the molecule is Cc1cc(F)ccc1NC(=O)CSCC(=O)Nc1ccc(F)cc1. The molecule has 0 aromatic heterocycles. The Morgan fingerprint density at radius 2 is 1.50 bits per heavy atom. The van der Waals surface area contributed by atoms with Crippen molar-refractivity contribution in [1.29, 1.82) is 0 Å². The molecular formula is C17H16F2N2O2S. The van der Waals surface area contributed by atoms with Crippen LogP contribution in [0.2, 0.25) is 0 Å². The van der Waals surface area contributed by atoms with Crippen molar-refractivity contribution in [3.05, 3.63) is 59.7 Å². The molecule has 2 aromatic carbocycles. The van der Waals surface area contributed by atoms with E-state index in [-0.39, 0.29) is 35.0 Å². The van der Waals surface area contributed by atoms with Crippen LogP contribution in [0.4, 0.5) is 20.2 Å². The molecule has 0 aliphatic rings. The molecule has 0 saturated heterocycles. The summed E-state index contributed by atoms with van der Waals surface area (Å²) in [5.41, 5.74) is 1.66. The fraction of sp³-hybridized carbons (Fsp3) is 0.176. The number of carbonyl (C=O) groups is 2. The van der Waals surface area contributed by atoms with Crippen LogP contribution in [0, 0.1) is 18.6 Å². The molecule has 2 rings (SSSR count). The molecule has 0 bridgehead atoms. The highest BCUT2D eigenvalue weighted by Crippen LogP contribution is 2.16. The van der Waals surface area contributed by atoms with Crippen LogP contribution in [0.15, 0.2) is 42.5 Å². The Bertz CT molecular complexity index is 736. The summed E-state index contributed by atoms with van der Waals surface area (Å²) in [5, 5.41) is 5.28. The van der Waals surface area contributed by atoms with Crippen LogP contribution in [0.1, 0.15) is 5.56 Å². The lowest BCUT2D eigenvalue weighted by Gasteiger charge is -2.08. The van der Waals surface area contributed by atoms with Crippen molar-refractivity contribution < 1.29 is 18.4 Å². The summed E-state index contributed by atoms with van der Waals surface area (Å²) in [6.45, 7) is 1.70. The first-order chi connectivity index (χ1) is 11.4. The second kappa shape index (κ2) is 8.44. The fourth-order valence-electron chi connectivity index (χ4n) is 1.92. The zero-order chi connectivity index (χ0) is 17.5. The zero-order valence-electron chi connectivity index (χ0n) is 12.9. The number of anilines is 2. The first kappa shape index (κ1) is 17.9. The standard InChI is InChI=1S/C17H16F2N2O2S/c1-11-8-13(19)4-7-15(11)21-17(23)10-24-9-16(22)20-14-5-2-12(18)3-6-14/h2-8H,9-10H2,1H3,(H,20,22)(H,21,23). The van der Waals surface area contributed by atoms with Gasteiger partial charge < -0.3 is 10.6 Å². The van der Waals surface area contributed by atoms with Gasteiger partial charge in [-0.15, -0.1) is 11.8 Å². The molecule has 2 N–H and O–H groups in total. The van der Waals surface area contributed by atoms with E-state index in [1.807, 2.05) is 0 Å². The molecule has 7 heteroatoms. The summed E-state index contributed by atoms with van der Waals surface area (Å²) in [6.07, 6.45) is 0. The molecule has 4 nitrogen and oxygen atoms in total. The van der Waals surface area contributed by atoms with E-state index in [1.54, 1.807) is 6.92 Å². The Morgan fingerprint density at radius 3 is 2.12 bits per heavy atom. The lowest BCUT2D eigenvalue weighted by molar-refractivity contribution is -0.114. The van der Waals surface area contributed by atoms with E-state index < -0.39 is 0 Å². The number of rotatable bonds is 6. The smallest absolute Gasteiger partial charge is 0.234 e. The van der Waals surface area contributed by atoms with Crippen LogP contribution < -0.4 is 10.6 Å². The van der Waals surface area contributed by atoms with Crippen molar-refractivity contribution in [2.24, 2.45) is 0 Å². The molecule has 2 amide bonds. The maximum absolute atomic E-state index is 13.0. The van der Waals surface area contributed by atoms with Gasteiger partial charge in [0, 0.05) is 11.4 Å². The van der Waals surface area contributed by atoms with E-state index in [0.29, 0.717) is 16.9 Å². The summed E-state index contributed by atoms with van der Waals surface area (Å²) in [7, 11) is 0. The van der Waals surface area contributed by atoms with Gasteiger partial charge in [-0.05, 0) is 55.0 Å². The predicted molar refractivity (Wildman–Crippen MR) is 92.1 cm³/mol. The quantitative estimate of drug-likeness (QED) is 0.837. The van der Waals surface area contributed by atoms with Gasteiger partial charge >= 0.3 is 0 Å². The Hall–Kier alpha value is -2.41. The maximum atomic E-state index is 13.0. The molecule has 0 unspecified atom stereocenters. The molecule has 0 aliphatic carbocycles. The van der Waals surface area contributed by atoms with Crippen molar-refractivity contribution in [3.8, 4) is 0 Å². The van der Waals surface area contributed by atoms with Crippen LogP contribution in [0.25, 0.3) is 0 Å². The van der Waals surface area contributed by atoms with Crippen LogP contribution in [-0.4, -0.2) is 23.3 Å². The number of amides is 2. The van der Waals surface area contributed by atoms with Gasteiger partial charge in [-0.25, -0.2) is 8.78 Å². The molecule has 0 spiro atoms. The number of hydrogen-bond donors (Lipinski definition) is 2. The number of thioether (sulfide) groups is 1. The van der Waals surface area contributed by atoms with Crippen molar-refractivity contribution in [2.45, 2.75) is 6.92 Å². The minimum atomic E-state index is -0.380. The van der Waals surface area contributed by atoms with Gasteiger partial charge in [-0.3, -0.25) is 9.59 Å². The highest BCUT2D eigenvalue weighted by molar-refractivity contribution is 8.00. The van der Waals surface area contributed by atoms with Gasteiger partial charge in [0.2, 0.25) is 11.8 Å². The predicted octanol–water partition coefficient (Wildman–Crippen LogP) is 3.58. The molecule has 0 radical (unpaired) electrons. The zero-order valence-corrected chi connectivity index (χ0v) is 13.8. The van der Waals surface area contributed by atoms with Crippen LogP contribution in [0.5, 0.6) is 0 Å². The Morgan fingerprint density at radius 1 is 0.917 bits per heavy atom. The normalized spacial score (nSPS) is 10.3. The second-order valence-electron chi connectivity index (χ2n) is 5.06. The topological polar surface area (TPSA) is 58.2 Å². The highest BCUT2D eigenvalue weighted by atomic mass is 32.2. The Labute approximate surface area is 142 Å². The summed E-state index contributed by atoms with van der Waals surface area (Å²) in [5.74, 6) is -1.12. The van der Waals surface area contributed by atoms with Crippen molar-refractivity contribution in [1.82, 2.24) is 0 Å². The first-order valence-electron chi connectivity index (χ1n) is 7.13. The summed E-state index contributed by atoms with van der Waals surface area (Å²) >= 11 is 1.15. The average Bonchev–Trinajstić information content (AvgIpc) is 2.52. The molecule has 126 valence electrons. The second-order valence-corrected chi connectivity index (χ2v) is 6.04. The Balaban J connectivity index is 1.73. The number of hydrogen-bond acceptors (Lipinski definition) is 3. The molecular weight excluding hydrogens is 334 g/mol. The van der Waals surface area contributed by atoms with Crippen molar-refractivity contribution >= 4 is 35.0 Å². The van der Waals surface area contributed by atoms with E-state index >= 15 is 0 Å². The third-order valence-electron chi connectivity index (χ3n) is 3.06. The lowest BCUT2D eigenvalue weighted by atomic mass is 10.2. The number of aryl methyl sites for hydroxylation is 1. The number of benzene rings is 2. The van der Waals surface area contributed by atoms with Gasteiger partial charge in [-0.1, -0.05) is 0 Å². The van der Waals surface area contributed by atoms with E-state index in [2.05, 4.69) is 10.6 Å². The van der Waals surface area contributed by atoms with Gasteiger partial charge in [-0.2, -0.15) is 0 Å².